The smallest absolute Gasteiger partial charge is 0.387 e. The Morgan fingerprint density at radius 3 is 2.44 bits per heavy atom. The van der Waals surface area contributed by atoms with E-state index in [2.05, 4.69) is 15.6 Å². The summed E-state index contributed by atoms with van der Waals surface area (Å²) in [6.45, 7) is -1.48. The van der Waals surface area contributed by atoms with Crippen molar-refractivity contribution >= 4 is 11.8 Å². The Bertz CT molecular complexity index is 814. The van der Waals surface area contributed by atoms with Crippen LogP contribution in [-0.2, 0) is 4.79 Å². The van der Waals surface area contributed by atoms with E-state index in [4.69, 9.17) is 9.47 Å². The maximum Gasteiger partial charge on any atom is 0.387 e. The number of aryl methyl sites for hydroxylation is 1. The largest absolute Gasteiger partial charge is 0.493 e. The summed E-state index contributed by atoms with van der Waals surface area (Å²) in [4.78, 5) is 23.9. The molecular weight excluding hydrogens is 362 g/mol. The van der Waals surface area contributed by atoms with Gasteiger partial charge in [-0.15, -0.1) is 0 Å². The van der Waals surface area contributed by atoms with Crippen LogP contribution in [0.4, 0.5) is 8.78 Å². The van der Waals surface area contributed by atoms with Crippen LogP contribution in [0.2, 0.25) is 0 Å². The zero-order chi connectivity index (χ0) is 19.8. The van der Waals surface area contributed by atoms with Crippen LogP contribution in [0, 0.1) is 6.92 Å². The number of para-hydroxylation sites is 1. The zero-order valence-corrected chi connectivity index (χ0v) is 14.6. The van der Waals surface area contributed by atoms with Gasteiger partial charge in [-0.2, -0.15) is 8.78 Å². The number of hydrazine groups is 1. The quantitative estimate of drug-likeness (QED) is 0.721. The highest BCUT2D eigenvalue weighted by Crippen LogP contribution is 2.29. The molecule has 0 fully saturated rings. The summed E-state index contributed by atoms with van der Waals surface area (Å²) in [5, 5.41) is 0. The molecule has 2 amide bonds. The number of hydrogen-bond acceptors (Lipinski definition) is 5. The summed E-state index contributed by atoms with van der Waals surface area (Å²) in [6.07, 6.45) is 0. The number of carbonyl (C=O) groups is 2. The van der Waals surface area contributed by atoms with Crippen molar-refractivity contribution in [2.75, 3.05) is 13.7 Å². The van der Waals surface area contributed by atoms with Crippen LogP contribution in [0.15, 0.2) is 42.5 Å². The Hall–Kier alpha value is -3.36. The number of amides is 2. The molecule has 0 aliphatic heterocycles. The Morgan fingerprint density at radius 2 is 1.78 bits per heavy atom. The number of nitrogens with one attached hydrogen (secondary N) is 2. The van der Waals surface area contributed by atoms with Crippen LogP contribution in [-0.4, -0.2) is 32.1 Å². The van der Waals surface area contributed by atoms with Gasteiger partial charge in [0.1, 0.15) is 5.75 Å². The summed E-state index contributed by atoms with van der Waals surface area (Å²) in [5.41, 5.74) is 5.34. The van der Waals surface area contributed by atoms with Gasteiger partial charge in [0.25, 0.3) is 11.8 Å². The minimum atomic E-state index is -3.02. The van der Waals surface area contributed by atoms with E-state index in [9.17, 15) is 18.4 Å². The van der Waals surface area contributed by atoms with Crippen LogP contribution in [0.3, 0.4) is 0 Å². The SMILES string of the molecule is COc1cc(C(=O)NNC(=O)COc2ccccc2C)ccc1OC(F)F. The van der Waals surface area contributed by atoms with E-state index >= 15 is 0 Å². The summed E-state index contributed by atoms with van der Waals surface area (Å²) >= 11 is 0. The minimum Gasteiger partial charge on any atom is -0.493 e. The van der Waals surface area contributed by atoms with Gasteiger partial charge < -0.3 is 14.2 Å². The van der Waals surface area contributed by atoms with E-state index in [-0.39, 0.29) is 23.7 Å². The molecule has 0 aliphatic carbocycles. The summed E-state index contributed by atoms with van der Waals surface area (Å²) in [6, 6.07) is 10.8. The van der Waals surface area contributed by atoms with Crippen molar-refractivity contribution < 1.29 is 32.6 Å². The van der Waals surface area contributed by atoms with Crippen molar-refractivity contribution in [3.8, 4) is 17.2 Å². The molecule has 144 valence electrons. The van der Waals surface area contributed by atoms with E-state index in [1.54, 1.807) is 12.1 Å². The first-order valence-electron chi connectivity index (χ1n) is 7.81. The second-order valence-corrected chi connectivity index (χ2v) is 5.30. The lowest BCUT2D eigenvalue weighted by Gasteiger charge is -2.12. The van der Waals surface area contributed by atoms with Crippen molar-refractivity contribution in [3.05, 3.63) is 53.6 Å². The van der Waals surface area contributed by atoms with Gasteiger partial charge in [0.05, 0.1) is 7.11 Å². The summed E-state index contributed by atoms with van der Waals surface area (Å²) in [7, 11) is 1.25. The Kier molecular flexibility index (Phi) is 6.93. The van der Waals surface area contributed by atoms with Crippen LogP contribution in [0.1, 0.15) is 15.9 Å². The average Bonchev–Trinajstić information content (AvgIpc) is 2.65. The second kappa shape index (κ2) is 9.37. The fourth-order valence-corrected chi connectivity index (χ4v) is 2.10. The number of hydrogen-bond donors (Lipinski definition) is 2. The number of alkyl halides is 2. The molecule has 0 unspecified atom stereocenters. The van der Waals surface area contributed by atoms with Gasteiger partial charge in [0.15, 0.2) is 18.1 Å². The first kappa shape index (κ1) is 20.0. The molecule has 0 saturated heterocycles. The highest BCUT2D eigenvalue weighted by atomic mass is 19.3. The summed E-state index contributed by atoms with van der Waals surface area (Å²) in [5.74, 6) is -0.937. The number of methoxy groups -OCH3 is 1. The number of halogens is 2. The molecule has 0 aromatic heterocycles. The summed E-state index contributed by atoms with van der Waals surface area (Å²) < 4.78 is 39.2. The van der Waals surface area contributed by atoms with Crippen molar-refractivity contribution in [1.29, 1.82) is 0 Å². The van der Waals surface area contributed by atoms with E-state index in [1.807, 2.05) is 19.1 Å². The number of ether oxygens (including phenoxy) is 3. The third-order valence-corrected chi connectivity index (χ3v) is 3.41. The van der Waals surface area contributed by atoms with Crippen LogP contribution >= 0.6 is 0 Å². The molecule has 7 nitrogen and oxygen atoms in total. The standard InChI is InChI=1S/C18H18F2N2O5/c1-11-5-3-4-6-13(11)26-10-16(23)21-22-17(24)12-7-8-14(27-18(19)20)15(9-12)25-2/h3-9,18H,10H2,1-2H3,(H,21,23)(H,22,24). The molecule has 2 rings (SSSR count). The van der Waals surface area contributed by atoms with Crippen molar-refractivity contribution in [3.63, 3.8) is 0 Å². The highest BCUT2D eigenvalue weighted by Gasteiger charge is 2.15. The topological polar surface area (TPSA) is 85.9 Å². The van der Waals surface area contributed by atoms with Crippen LogP contribution in [0.25, 0.3) is 0 Å². The first-order valence-corrected chi connectivity index (χ1v) is 7.81. The molecule has 27 heavy (non-hydrogen) atoms. The average molecular weight is 380 g/mol. The fraction of sp³-hybridized carbons (Fsp3) is 0.222. The van der Waals surface area contributed by atoms with Gasteiger partial charge in [-0.1, -0.05) is 18.2 Å². The fourth-order valence-electron chi connectivity index (χ4n) is 2.10. The lowest BCUT2D eigenvalue weighted by atomic mass is 10.2. The molecule has 0 spiro atoms. The normalized spacial score (nSPS) is 10.3. The Labute approximate surface area is 154 Å². The van der Waals surface area contributed by atoms with Crippen molar-refractivity contribution in [2.24, 2.45) is 0 Å². The molecule has 2 N–H and O–H groups in total. The lowest BCUT2D eigenvalue weighted by Crippen LogP contribution is -2.43. The van der Waals surface area contributed by atoms with Crippen LogP contribution < -0.4 is 25.1 Å². The number of rotatable bonds is 7. The van der Waals surface area contributed by atoms with Gasteiger partial charge >= 0.3 is 6.61 Å². The maximum absolute atomic E-state index is 12.3. The van der Waals surface area contributed by atoms with Gasteiger partial charge in [0.2, 0.25) is 0 Å². The number of carbonyl (C=O) groups excluding carboxylic acids is 2. The molecule has 2 aromatic carbocycles. The van der Waals surface area contributed by atoms with E-state index in [1.165, 1.54) is 25.3 Å². The van der Waals surface area contributed by atoms with Gasteiger partial charge in [-0.05, 0) is 36.8 Å². The molecule has 0 radical (unpaired) electrons. The predicted octanol–water partition coefficient (Wildman–Crippen LogP) is 2.45. The zero-order valence-electron chi connectivity index (χ0n) is 14.6. The molecule has 0 aliphatic rings. The van der Waals surface area contributed by atoms with Crippen molar-refractivity contribution in [2.45, 2.75) is 13.5 Å². The molecule has 0 heterocycles. The second-order valence-electron chi connectivity index (χ2n) is 5.30. The van der Waals surface area contributed by atoms with Gasteiger partial charge in [-0.3, -0.25) is 20.4 Å². The number of benzene rings is 2. The monoisotopic (exact) mass is 380 g/mol. The Balaban J connectivity index is 1.89. The molecule has 0 saturated carbocycles. The third kappa shape index (κ3) is 5.84. The minimum absolute atomic E-state index is 0.0443. The molecule has 0 atom stereocenters. The predicted molar refractivity (Wildman–Crippen MR) is 91.9 cm³/mol. The van der Waals surface area contributed by atoms with Crippen LogP contribution in [0.5, 0.6) is 17.2 Å². The first-order chi connectivity index (χ1) is 12.9. The highest BCUT2D eigenvalue weighted by molar-refractivity contribution is 5.96. The lowest BCUT2D eigenvalue weighted by molar-refractivity contribution is -0.123. The molecule has 0 bridgehead atoms. The van der Waals surface area contributed by atoms with Gasteiger partial charge in [-0.25, -0.2) is 0 Å². The molecule has 2 aromatic rings. The molecule has 9 heteroatoms. The van der Waals surface area contributed by atoms with E-state index in [0.29, 0.717) is 5.75 Å². The molecular formula is C18H18F2N2O5. The third-order valence-electron chi connectivity index (χ3n) is 3.41. The van der Waals surface area contributed by atoms with E-state index in [0.717, 1.165) is 5.56 Å². The van der Waals surface area contributed by atoms with Gasteiger partial charge in [0, 0.05) is 5.56 Å². The maximum atomic E-state index is 12.3. The van der Waals surface area contributed by atoms with Crippen molar-refractivity contribution in [1.82, 2.24) is 10.9 Å². The van der Waals surface area contributed by atoms with E-state index < -0.39 is 18.4 Å². The Morgan fingerprint density at radius 1 is 1.04 bits per heavy atom.